The number of thiazole rings is 1. The third-order valence-corrected chi connectivity index (χ3v) is 2.83. The van der Waals surface area contributed by atoms with E-state index < -0.39 is 0 Å². The van der Waals surface area contributed by atoms with Crippen molar-refractivity contribution in [2.45, 2.75) is 6.92 Å². The second kappa shape index (κ2) is 3.78. The van der Waals surface area contributed by atoms with Crippen LogP contribution in [-0.4, -0.2) is 4.98 Å². The Kier molecular flexibility index (Phi) is 2.47. The predicted molar refractivity (Wildman–Crippen MR) is 65.4 cm³/mol. The van der Waals surface area contributed by atoms with Crippen molar-refractivity contribution in [2.24, 2.45) is 0 Å². The minimum absolute atomic E-state index is 0.577. The lowest BCUT2D eigenvalue weighted by molar-refractivity contribution is 1.26. The number of anilines is 4. The van der Waals surface area contributed by atoms with Gasteiger partial charge in [0.05, 0.1) is 17.1 Å². The Morgan fingerprint density at radius 2 is 2.07 bits per heavy atom. The molecule has 0 atom stereocenters. The first-order valence-corrected chi connectivity index (χ1v) is 5.37. The van der Waals surface area contributed by atoms with Crippen LogP contribution in [0.3, 0.4) is 0 Å². The summed E-state index contributed by atoms with van der Waals surface area (Å²) in [6.45, 7) is 1.96. The first-order valence-electron chi connectivity index (χ1n) is 4.49. The van der Waals surface area contributed by atoms with Crippen LogP contribution in [0.25, 0.3) is 0 Å². The van der Waals surface area contributed by atoms with Crippen molar-refractivity contribution >= 4 is 33.5 Å². The van der Waals surface area contributed by atoms with Crippen LogP contribution in [0.1, 0.15) is 5.69 Å². The molecule has 1 aromatic heterocycles. The van der Waals surface area contributed by atoms with Gasteiger partial charge in [0.15, 0.2) is 5.13 Å². The zero-order valence-corrected chi connectivity index (χ0v) is 9.14. The fourth-order valence-electron chi connectivity index (χ4n) is 1.19. The molecule has 1 heterocycles. The second-order valence-corrected chi connectivity index (χ2v) is 4.12. The van der Waals surface area contributed by atoms with Crippen LogP contribution >= 0.6 is 11.3 Å². The molecular formula is C10H12N4S. The normalized spacial score (nSPS) is 10.2. The van der Waals surface area contributed by atoms with E-state index in [-0.39, 0.29) is 0 Å². The van der Waals surface area contributed by atoms with E-state index in [2.05, 4.69) is 10.3 Å². The van der Waals surface area contributed by atoms with E-state index in [1.165, 1.54) is 0 Å². The molecule has 0 unspecified atom stereocenters. The van der Waals surface area contributed by atoms with Gasteiger partial charge in [0, 0.05) is 11.1 Å². The van der Waals surface area contributed by atoms with Crippen LogP contribution in [0.4, 0.5) is 22.2 Å². The Morgan fingerprint density at radius 1 is 1.27 bits per heavy atom. The van der Waals surface area contributed by atoms with Gasteiger partial charge in [0.1, 0.15) is 0 Å². The number of aromatic nitrogens is 1. The molecule has 0 aliphatic carbocycles. The number of benzene rings is 1. The van der Waals surface area contributed by atoms with Gasteiger partial charge >= 0.3 is 0 Å². The summed E-state index contributed by atoms with van der Waals surface area (Å²) in [6, 6.07) is 5.45. The zero-order chi connectivity index (χ0) is 10.8. The van der Waals surface area contributed by atoms with Crippen molar-refractivity contribution < 1.29 is 0 Å². The van der Waals surface area contributed by atoms with E-state index in [9.17, 15) is 0 Å². The Balaban J connectivity index is 2.21. The molecule has 2 aromatic rings. The highest BCUT2D eigenvalue weighted by Gasteiger charge is 2.00. The summed E-state index contributed by atoms with van der Waals surface area (Å²) in [6.07, 6.45) is 0. The first-order chi connectivity index (χ1) is 7.15. The standard InChI is InChI=1S/C10H12N4S/c1-6-5-15-10(13-6)14-7-2-3-8(11)9(12)4-7/h2-5H,11-12H2,1H3,(H,13,14). The maximum atomic E-state index is 5.70. The van der Waals surface area contributed by atoms with E-state index in [1.807, 2.05) is 18.4 Å². The molecule has 0 saturated carbocycles. The summed E-state index contributed by atoms with van der Waals surface area (Å²) in [5.41, 5.74) is 14.4. The van der Waals surface area contributed by atoms with E-state index in [0.717, 1.165) is 16.5 Å². The molecular weight excluding hydrogens is 208 g/mol. The number of aryl methyl sites for hydroxylation is 1. The van der Waals surface area contributed by atoms with Crippen molar-refractivity contribution in [3.05, 3.63) is 29.3 Å². The Bertz CT molecular complexity index is 478. The third-order valence-electron chi connectivity index (χ3n) is 1.96. The second-order valence-electron chi connectivity index (χ2n) is 3.26. The molecule has 4 nitrogen and oxygen atoms in total. The van der Waals surface area contributed by atoms with Crippen molar-refractivity contribution in [1.82, 2.24) is 4.98 Å². The summed E-state index contributed by atoms with van der Waals surface area (Å²) < 4.78 is 0. The fraction of sp³-hybridized carbons (Fsp3) is 0.100. The number of rotatable bonds is 2. The Labute approximate surface area is 91.9 Å². The van der Waals surface area contributed by atoms with Crippen LogP contribution in [0.5, 0.6) is 0 Å². The number of nitrogens with two attached hydrogens (primary N) is 2. The Morgan fingerprint density at radius 3 is 2.67 bits per heavy atom. The van der Waals surface area contributed by atoms with E-state index in [1.54, 1.807) is 23.5 Å². The lowest BCUT2D eigenvalue weighted by Crippen LogP contribution is -1.96. The average molecular weight is 220 g/mol. The summed E-state index contributed by atoms with van der Waals surface area (Å²) >= 11 is 1.56. The van der Waals surface area contributed by atoms with Crippen LogP contribution < -0.4 is 16.8 Å². The highest BCUT2D eigenvalue weighted by Crippen LogP contribution is 2.24. The maximum absolute atomic E-state index is 5.70. The number of nitrogen functional groups attached to an aromatic ring is 2. The number of nitrogens with zero attached hydrogens (tertiary/aromatic N) is 1. The number of nitrogens with one attached hydrogen (secondary N) is 1. The van der Waals surface area contributed by atoms with Crippen molar-refractivity contribution in [3.8, 4) is 0 Å². The highest BCUT2D eigenvalue weighted by molar-refractivity contribution is 7.13. The fourth-order valence-corrected chi connectivity index (χ4v) is 1.90. The number of hydrogen-bond acceptors (Lipinski definition) is 5. The minimum Gasteiger partial charge on any atom is -0.397 e. The van der Waals surface area contributed by atoms with Crippen molar-refractivity contribution in [3.63, 3.8) is 0 Å². The van der Waals surface area contributed by atoms with Crippen LogP contribution in [-0.2, 0) is 0 Å². The molecule has 15 heavy (non-hydrogen) atoms. The molecule has 5 N–H and O–H groups in total. The minimum atomic E-state index is 0.577. The van der Waals surface area contributed by atoms with Gasteiger partial charge in [-0.2, -0.15) is 0 Å². The average Bonchev–Trinajstić information content (AvgIpc) is 2.58. The third kappa shape index (κ3) is 2.19. The largest absolute Gasteiger partial charge is 0.397 e. The quantitative estimate of drug-likeness (QED) is 0.679. The van der Waals surface area contributed by atoms with Crippen molar-refractivity contribution in [1.29, 1.82) is 0 Å². The molecule has 78 valence electrons. The Hall–Kier alpha value is -1.75. The van der Waals surface area contributed by atoms with E-state index >= 15 is 0 Å². The molecule has 0 fully saturated rings. The highest BCUT2D eigenvalue weighted by atomic mass is 32.1. The van der Waals surface area contributed by atoms with Crippen LogP contribution in [0.2, 0.25) is 0 Å². The molecule has 0 amide bonds. The van der Waals surface area contributed by atoms with Gasteiger partial charge in [-0.15, -0.1) is 11.3 Å². The van der Waals surface area contributed by atoms with Crippen molar-refractivity contribution in [2.75, 3.05) is 16.8 Å². The van der Waals surface area contributed by atoms with Crippen LogP contribution in [0.15, 0.2) is 23.6 Å². The predicted octanol–water partition coefficient (Wildman–Crippen LogP) is 2.36. The topological polar surface area (TPSA) is 77.0 Å². The summed E-state index contributed by atoms with van der Waals surface area (Å²) in [7, 11) is 0. The van der Waals surface area contributed by atoms with Gasteiger partial charge < -0.3 is 16.8 Å². The molecule has 0 saturated heterocycles. The summed E-state index contributed by atoms with van der Waals surface area (Å²) in [5, 5.41) is 6.01. The molecule has 0 aliphatic heterocycles. The molecule has 0 radical (unpaired) electrons. The molecule has 5 heteroatoms. The van der Waals surface area contributed by atoms with Gasteiger partial charge in [0.25, 0.3) is 0 Å². The smallest absolute Gasteiger partial charge is 0.187 e. The molecule has 0 aliphatic rings. The first kappa shape index (κ1) is 9.79. The van der Waals surface area contributed by atoms with E-state index in [0.29, 0.717) is 11.4 Å². The summed E-state index contributed by atoms with van der Waals surface area (Å²) in [4.78, 5) is 4.29. The maximum Gasteiger partial charge on any atom is 0.187 e. The lowest BCUT2D eigenvalue weighted by Gasteiger charge is -2.05. The zero-order valence-electron chi connectivity index (χ0n) is 8.32. The number of hydrogen-bond donors (Lipinski definition) is 3. The SMILES string of the molecule is Cc1csc(Nc2ccc(N)c(N)c2)n1. The molecule has 0 bridgehead atoms. The molecule has 2 rings (SSSR count). The lowest BCUT2D eigenvalue weighted by atomic mass is 10.2. The van der Waals surface area contributed by atoms with Crippen LogP contribution in [0, 0.1) is 6.92 Å². The monoisotopic (exact) mass is 220 g/mol. The van der Waals surface area contributed by atoms with Gasteiger partial charge in [-0.3, -0.25) is 0 Å². The van der Waals surface area contributed by atoms with Gasteiger partial charge in [-0.1, -0.05) is 0 Å². The molecule has 1 aromatic carbocycles. The summed E-state index contributed by atoms with van der Waals surface area (Å²) in [5.74, 6) is 0. The van der Waals surface area contributed by atoms with Gasteiger partial charge in [0.2, 0.25) is 0 Å². The molecule has 0 spiro atoms. The van der Waals surface area contributed by atoms with Gasteiger partial charge in [-0.25, -0.2) is 4.98 Å². The van der Waals surface area contributed by atoms with Gasteiger partial charge in [-0.05, 0) is 25.1 Å². The van der Waals surface area contributed by atoms with E-state index in [4.69, 9.17) is 11.5 Å².